The normalized spacial score (nSPS) is 13.9. The van der Waals surface area contributed by atoms with Gasteiger partial charge in [-0.1, -0.05) is 5.16 Å². The van der Waals surface area contributed by atoms with Crippen LogP contribution in [0.1, 0.15) is 17.4 Å². The van der Waals surface area contributed by atoms with Gasteiger partial charge in [0, 0.05) is 17.8 Å². The fourth-order valence-corrected chi connectivity index (χ4v) is 3.83. The summed E-state index contributed by atoms with van der Waals surface area (Å²) >= 11 is 1.33. The number of pyridine rings is 2. The minimum absolute atomic E-state index is 0.154. The van der Waals surface area contributed by atoms with Crippen molar-refractivity contribution in [3.63, 3.8) is 0 Å². The van der Waals surface area contributed by atoms with E-state index in [-0.39, 0.29) is 24.2 Å². The summed E-state index contributed by atoms with van der Waals surface area (Å²) in [5, 5.41) is 43.9. The zero-order valence-corrected chi connectivity index (χ0v) is 17.4. The van der Waals surface area contributed by atoms with Gasteiger partial charge in [-0.05, 0) is 18.6 Å². The zero-order chi connectivity index (χ0) is 22.1. The van der Waals surface area contributed by atoms with Gasteiger partial charge in [-0.2, -0.15) is 0 Å². The fourth-order valence-electron chi connectivity index (χ4n) is 3.21. The molecule has 0 aromatic carbocycles. The molecule has 4 N–H and O–H groups in total. The first-order chi connectivity index (χ1) is 14.9. The Kier molecular flexibility index (Phi) is 5.98. The van der Waals surface area contributed by atoms with Crippen LogP contribution in [-0.4, -0.2) is 73.1 Å². The van der Waals surface area contributed by atoms with Gasteiger partial charge in [0.15, 0.2) is 28.6 Å². The molecule has 1 aliphatic heterocycles. The average molecular weight is 447 g/mol. The molecule has 11 nitrogen and oxygen atoms in total. The maximum atomic E-state index is 12.9. The number of thiazole rings is 1. The van der Waals surface area contributed by atoms with Crippen LogP contribution in [0.2, 0.25) is 0 Å². The second kappa shape index (κ2) is 8.69. The van der Waals surface area contributed by atoms with Crippen LogP contribution in [0.3, 0.4) is 0 Å². The molecule has 12 heteroatoms. The number of aliphatic hydroxyl groups is 4. The quantitative estimate of drug-likeness (QED) is 0.282. The number of aromatic nitrogens is 3. The van der Waals surface area contributed by atoms with E-state index >= 15 is 0 Å². The third kappa shape index (κ3) is 4.03. The van der Waals surface area contributed by atoms with Crippen molar-refractivity contribution in [2.75, 3.05) is 31.2 Å². The minimum Gasteiger partial charge on any atom is -0.392 e. The highest BCUT2D eigenvalue weighted by atomic mass is 32.1. The van der Waals surface area contributed by atoms with E-state index in [0.717, 1.165) is 5.71 Å². The van der Waals surface area contributed by atoms with Crippen LogP contribution in [0.4, 0.5) is 5.82 Å². The number of hydrogen-bond donors (Lipinski definition) is 4. The number of anilines is 1. The van der Waals surface area contributed by atoms with Crippen molar-refractivity contribution in [3.05, 3.63) is 45.2 Å². The monoisotopic (exact) mass is 447 g/mol. The molecule has 1 fully saturated rings. The second-order valence-corrected chi connectivity index (χ2v) is 7.95. The molecule has 1 saturated heterocycles. The number of oxime groups is 1. The van der Waals surface area contributed by atoms with Crippen LogP contribution >= 0.6 is 11.3 Å². The van der Waals surface area contributed by atoms with Gasteiger partial charge in [-0.15, -0.1) is 11.3 Å². The molecular formula is C19H21N5O6S. The van der Waals surface area contributed by atoms with E-state index in [2.05, 4.69) is 15.1 Å². The topological polar surface area (TPSA) is 154 Å². The summed E-state index contributed by atoms with van der Waals surface area (Å²) in [5.74, 6) is 0.617. The molecule has 0 bridgehead atoms. The summed E-state index contributed by atoms with van der Waals surface area (Å²) in [4.78, 5) is 28.8. The van der Waals surface area contributed by atoms with E-state index < -0.39 is 17.8 Å². The highest BCUT2D eigenvalue weighted by molar-refractivity contribution is 7.12. The van der Waals surface area contributed by atoms with E-state index in [1.807, 2.05) is 4.90 Å². The number of nitrogens with zero attached hydrogens (tertiary/aromatic N) is 5. The highest BCUT2D eigenvalue weighted by Gasteiger charge is 2.27. The second-order valence-electron chi connectivity index (χ2n) is 7.07. The molecule has 0 unspecified atom stereocenters. The van der Waals surface area contributed by atoms with Crippen LogP contribution in [-0.2, 0) is 4.84 Å². The number of hydrogen-bond acceptors (Lipinski definition) is 11. The fraction of sp³-hybridized carbons (Fsp3) is 0.368. The first-order valence-electron chi connectivity index (χ1n) is 9.44. The Bertz CT molecular complexity index is 1160. The molecule has 0 aliphatic carbocycles. The molecular weight excluding hydrogens is 426 g/mol. The van der Waals surface area contributed by atoms with Gasteiger partial charge in [0.2, 0.25) is 0 Å². The number of rotatable bonds is 7. The Hall–Kier alpha value is -2.90. The molecule has 4 heterocycles. The lowest BCUT2D eigenvalue weighted by Crippen LogP contribution is -2.48. The third-order valence-electron chi connectivity index (χ3n) is 4.88. The van der Waals surface area contributed by atoms with E-state index in [0.29, 0.717) is 35.2 Å². The van der Waals surface area contributed by atoms with Crippen molar-refractivity contribution in [2.24, 2.45) is 5.16 Å². The van der Waals surface area contributed by atoms with Crippen molar-refractivity contribution in [2.45, 2.75) is 19.3 Å². The average Bonchev–Trinajstić information content (AvgIpc) is 3.24. The SMILES string of the molecule is Cc1cc(N2CC(=NOC(CO)CO)C2)nc2c1c(=O)c(C(O)O)cn2-c1nccs1. The third-order valence-corrected chi connectivity index (χ3v) is 5.65. The van der Waals surface area contributed by atoms with Crippen molar-refractivity contribution in [1.82, 2.24) is 14.5 Å². The Morgan fingerprint density at radius 2 is 2.03 bits per heavy atom. The van der Waals surface area contributed by atoms with Gasteiger partial charge in [0.05, 0.1) is 43.0 Å². The van der Waals surface area contributed by atoms with Crippen molar-refractivity contribution in [3.8, 4) is 5.13 Å². The van der Waals surface area contributed by atoms with Crippen LogP contribution in [0, 0.1) is 6.92 Å². The van der Waals surface area contributed by atoms with Gasteiger partial charge >= 0.3 is 0 Å². The van der Waals surface area contributed by atoms with E-state index in [1.165, 1.54) is 17.5 Å². The lowest BCUT2D eigenvalue weighted by Gasteiger charge is -2.33. The molecule has 1 aliphatic rings. The van der Waals surface area contributed by atoms with Gasteiger partial charge < -0.3 is 30.2 Å². The Morgan fingerprint density at radius 3 is 2.65 bits per heavy atom. The van der Waals surface area contributed by atoms with Crippen LogP contribution in [0.15, 0.2) is 33.8 Å². The molecule has 3 aromatic heterocycles. The van der Waals surface area contributed by atoms with E-state index in [9.17, 15) is 15.0 Å². The predicted octanol–water partition coefficient (Wildman–Crippen LogP) is -0.320. The van der Waals surface area contributed by atoms with Crippen LogP contribution in [0.5, 0.6) is 0 Å². The molecule has 0 radical (unpaired) electrons. The highest BCUT2D eigenvalue weighted by Crippen LogP contribution is 2.27. The zero-order valence-electron chi connectivity index (χ0n) is 16.5. The predicted molar refractivity (Wildman–Crippen MR) is 114 cm³/mol. The van der Waals surface area contributed by atoms with Crippen LogP contribution in [0.25, 0.3) is 16.2 Å². The van der Waals surface area contributed by atoms with Gasteiger partial charge in [-0.25, -0.2) is 9.97 Å². The number of aliphatic hydroxyl groups excluding tert-OH is 3. The smallest absolute Gasteiger partial charge is 0.199 e. The summed E-state index contributed by atoms with van der Waals surface area (Å²) in [5.41, 5.74) is 1.08. The van der Waals surface area contributed by atoms with Crippen LogP contribution < -0.4 is 10.3 Å². The van der Waals surface area contributed by atoms with Crippen molar-refractivity contribution < 1.29 is 25.3 Å². The Balaban J connectivity index is 1.72. The van der Waals surface area contributed by atoms with Gasteiger partial charge in [-0.3, -0.25) is 9.36 Å². The molecule has 0 spiro atoms. The summed E-state index contributed by atoms with van der Waals surface area (Å²) in [6.07, 6.45) is 0.287. The lowest BCUT2D eigenvalue weighted by atomic mass is 10.1. The largest absolute Gasteiger partial charge is 0.392 e. The summed E-state index contributed by atoms with van der Waals surface area (Å²) in [6.45, 7) is 1.98. The molecule has 0 saturated carbocycles. The molecule has 3 aromatic rings. The molecule has 4 rings (SSSR count). The molecule has 31 heavy (non-hydrogen) atoms. The molecule has 0 amide bonds. The standard InChI is InChI=1S/C19H21N5O6S/c1-10-4-14(23-5-11(6-23)22-30-12(8-25)9-26)21-17-15(10)16(27)13(18(28)29)7-24(17)19-20-2-3-31-19/h2-4,7,12,18,25-26,28-29H,5-6,8-9H2,1H3. The first kappa shape index (κ1) is 21.3. The maximum Gasteiger partial charge on any atom is 0.199 e. The summed E-state index contributed by atoms with van der Waals surface area (Å²) < 4.78 is 1.58. The number of aryl methyl sites for hydroxylation is 1. The van der Waals surface area contributed by atoms with Gasteiger partial charge in [0.1, 0.15) is 5.82 Å². The Labute approximate surface area is 180 Å². The maximum absolute atomic E-state index is 12.9. The first-order valence-corrected chi connectivity index (χ1v) is 10.3. The number of fused-ring (bicyclic) bond motifs is 1. The van der Waals surface area contributed by atoms with Crippen molar-refractivity contribution in [1.29, 1.82) is 0 Å². The lowest BCUT2D eigenvalue weighted by molar-refractivity contribution is -0.0434. The molecule has 0 atom stereocenters. The van der Waals surface area contributed by atoms with Crippen molar-refractivity contribution >= 4 is 33.9 Å². The van der Waals surface area contributed by atoms with E-state index in [4.69, 9.17) is 15.1 Å². The van der Waals surface area contributed by atoms with Gasteiger partial charge in [0.25, 0.3) is 0 Å². The Morgan fingerprint density at radius 1 is 1.29 bits per heavy atom. The summed E-state index contributed by atoms with van der Waals surface area (Å²) in [7, 11) is 0. The summed E-state index contributed by atoms with van der Waals surface area (Å²) in [6, 6.07) is 1.76. The molecule has 164 valence electrons. The van der Waals surface area contributed by atoms with E-state index in [1.54, 1.807) is 29.1 Å². The minimum atomic E-state index is -1.92.